The van der Waals surface area contributed by atoms with Crippen LogP contribution >= 0.6 is 11.3 Å². The van der Waals surface area contributed by atoms with E-state index in [-0.39, 0.29) is 11.3 Å². The van der Waals surface area contributed by atoms with Crippen LogP contribution in [-0.4, -0.2) is 48.6 Å². The number of methoxy groups -OCH3 is 1. The summed E-state index contributed by atoms with van der Waals surface area (Å²) >= 11 is 1.37. The van der Waals surface area contributed by atoms with E-state index >= 15 is 0 Å². The Kier molecular flexibility index (Phi) is 9.22. The average Bonchev–Trinajstić information content (AvgIpc) is 2.98. The lowest BCUT2D eigenvalue weighted by atomic mass is 9.84. The molecule has 148 valence electrons. The fourth-order valence-corrected chi connectivity index (χ4v) is 3.66. The van der Waals surface area contributed by atoms with Crippen LogP contribution in [0.2, 0.25) is 0 Å². The summed E-state index contributed by atoms with van der Waals surface area (Å²) in [6.45, 7) is 12.1. The molecule has 0 radical (unpaired) electrons. The highest BCUT2D eigenvalue weighted by molar-refractivity contribution is 7.09. The Balaban J connectivity index is 2.74. The second-order valence-electron chi connectivity index (χ2n) is 7.73. The van der Waals surface area contributed by atoms with Gasteiger partial charge < -0.3 is 14.4 Å². The Morgan fingerprint density at radius 2 is 2.04 bits per heavy atom. The zero-order valence-electron chi connectivity index (χ0n) is 16.8. The summed E-state index contributed by atoms with van der Waals surface area (Å²) in [5, 5.41) is 2.40. The highest BCUT2D eigenvalue weighted by Crippen LogP contribution is 2.26. The summed E-state index contributed by atoms with van der Waals surface area (Å²) in [6.07, 6.45) is 1.48. The van der Waals surface area contributed by atoms with Crippen molar-refractivity contribution in [3.05, 3.63) is 16.1 Å². The van der Waals surface area contributed by atoms with Crippen molar-refractivity contribution >= 4 is 23.2 Å². The molecule has 0 fully saturated rings. The Labute approximate surface area is 160 Å². The van der Waals surface area contributed by atoms with Crippen LogP contribution < -0.4 is 0 Å². The monoisotopic (exact) mass is 384 g/mol. The molecule has 0 saturated heterocycles. The second kappa shape index (κ2) is 10.6. The van der Waals surface area contributed by atoms with E-state index in [1.54, 1.807) is 24.3 Å². The molecule has 0 aliphatic rings. The topological polar surface area (TPSA) is 68.7 Å². The van der Waals surface area contributed by atoms with Crippen molar-refractivity contribution in [2.45, 2.75) is 54.0 Å². The minimum atomic E-state index is -0.427. The van der Waals surface area contributed by atoms with Gasteiger partial charge in [0.05, 0.1) is 19.8 Å². The first-order chi connectivity index (χ1) is 12.2. The summed E-state index contributed by atoms with van der Waals surface area (Å²) < 4.78 is 10.1. The number of esters is 1. The van der Waals surface area contributed by atoms with E-state index < -0.39 is 5.97 Å². The lowest BCUT2D eigenvalue weighted by molar-refractivity contribution is -0.133. The maximum atomic E-state index is 12.7. The van der Waals surface area contributed by atoms with Gasteiger partial charge in [-0.3, -0.25) is 4.79 Å². The Morgan fingerprint density at radius 3 is 2.62 bits per heavy atom. The number of nitrogens with zero attached hydrogens (tertiary/aromatic N) is 2. The van der Waals surface area contributed by atoms with Crippen LogP contribution in [0.15, 0.2) is 5.38 Å². The summed E-state index contributed by atoms with van der Waals surface area (Å²) in [5.74, 6) is -0.0332. The van der Waals surface area contributed by atoms with Gasteiger partial charge >= 0.3 is 5.97 Å². The van der Waals surface area contributed by atoms with Crippen LogP contribution in [0.1, 0.15) is 63.0 Å². The third kappa shape index (κ3) is 8.27. The van der Waals surface area contributed by atoms with Crippen molar-refractivity contribution in [2.75, 3.05) is 26.9 Å². The lowest BCUT2D eigenvalue weighted by Crippen LogP contribution is -2.34. The Hall–Kier alpha value is -1.47. The van der Waals surface area contributed by atoms with E-state index in [0.29, 0.717) is 44.3 Å². The molecule has 7 heteroatoms. The highest BCUT2D eigenvalue weighted by Gasteiger charge is 2.22. The van der Waals surface area contributed by atoms with Gasteiger partial charge in [-0.25, -0.2) is 9.78 Å². The van der Waals surface area contributed by atoms with Gasteiger partial charge in [-0.05, 0) is 24.7 Å². The number of hydrogen-bond acceptors (Lipinski definition) is 6. The van der Waals surface area contributed by atoms with E-state index in [1.807, 2.05) is 0 Å². The van der Waals surface area contributed by atoms with Crippen molar-refractivity contribution in [3.63, 3.8) is 0 Å². The predicted molar refractivity (Wildman–Crippen MR) is 103 cm³/mol. The maximum absolute atomic E-state index is 12.7. The zero-order valence-corrected chi connectivity index (χ0v) is 17.6. The molecular weight excluding hydrogens is 352 g/mol. The van der Waals surface area contributed by atoms with E-state index in [4.69, 9.17) is 9.47 Å². The van der Waals surface area contributed by atoms with E-state index in [9.17, 15) is 9.59 Å². The maximum Gasteiger partial charge on any atom is 0.357 e. The average molecular weight is 385 g/mol. The number of carbonyl (C=O) groups excluding carboxylic acids is 2. The molecule has 1 atom stereocenters. The van der Waals surface area contributed by atoms with Gasteiger partial charge in [0.2, 0.25) is 5.91 Å². The number of carbonyl (C=O) groups is 2. The van der Waals surface area contributed by atoms with Gasteiger partial charge in [0.15, 0.2) is 5.69 Å². The van der Waals surface area contributed by atoms with Gasteiger partial charge in [-0.2, -0.15) is 0 Å². The van der Waals surface area contributed by atoms with Gasteiger partial charge in [0.25, 0.3) is 0 Å². The lowest BCUT2D eigenvalue weighted by Gasteiger charge is -2.26. The first kappa shape index (κ1) is 22.6. The predicted octanol–water partition coefficient (Wildman–Crippen LogP) is 3.76. The third-order valence-electron chi connectivity index (χ3n) is 3.76. The molecule has 0 saturated carbocycles. The fraction of sp³-hybridized carbons (Fsp3) is 0.737. The molecule has 1 rings (SSSR count). The first-order valence-corrected chi connectivity index (χ1v) is 9.92. The number of hydrogen-bond donors (Lipinski definition) is 0. The number of thiazole rings is 1. The van der Waals surface area contributed by atoms with E-state index in [1.165, 1.54) is 11.3 Å². The molecule has 6 nitrogen and oxygen atoms in total. The quantitative estimate of drug-likeness (QED) is 0.575. The summed E-state index contributed by atoms with van der Waals surface area (Å²) in [5.41, 5.74) is 0.494. The smallest absolute Gasteiger partial charge is 0.357 e. The van der Waals surface area contributed by atoms with E-state index in [0.717, 1.165) is 11.4 Å². The second-order valence-corrected chi connectivity index (χ2v) is 8.67. The van der Waals surface area contributed by atoms with Crippen LogP contribution in [0.4, 0.5) is 0 Å². The van der Waals surface area contributed by atoms with Gasteiger partial charge in [0, 0.05) is 25.5 Å². The molecule has 0 unspecified atom stereocenters. The molecule has 1 aromatic rings. The molecule has 0 aromatic carbocycles. The number of aromatic nitrogens is 1. The standard InChI is InChI=1S/C19H32N2O4S/c1-7-25-18(23)15-13-26-16(20-15)12-21(8-9-24-6)17(22)10-14(2)11-19(3,4)5/h13-14H,7-12H2,1-6H3/t14-/m1/s1. The molecule has 0 aliphatic carbocycles. The van der Waals surface area contributed by atoms with Crippen molar-refractivity contribution in [1.29, 1.82) is 0 Å². The molecule has 0 aliphatic heterocycles. The molecule has 26 heavy (non-hydrogen) atoms. The largest absolute Gasteiger partial charge is 0.461 e. The van der Waals surface area contributed by atoms with Gasteiger partial charge in [-0.1, -0.05) is 27.7 Å². The molecule has 1 aromatic heterocycles. The number of amides is 1. The van der Waals surface area contributed by atoms with Crippen LogP contribution in [-0.2, 0) is 20.8 Å². The van der Waals surface area contributed by atoms with Crippen molar-refractivity contribution in [1.82, 2.24) is 9.88 Å². The number of ether oxygens (including phenoxy) is 2. The van der Waals surface area contributed by atoms with Gasteiger partial charge in [-0.15, -0.1) is 11.3 Å². The Morgan fingerprint density at radius 1 is 1.35 bits per heavy atom. The molecule has 1 amide bonds. The number of rotatable bonds is 10. The van der Waals surface area contributed by atoms with Gasteiger partial charge in [0.1, 0.15) is 5.01 Å². The van der Waals surface area contributed by atoms with Crippen LogP contribution in [0.3, 0.4) is 0 Å². The first-order valence-electron chi connectivity index (χ1n) is 9.04. The van der Waals surface area contributed by atoms with Crippen LogP contribution in [0, 0.1) is 11.3 Å². The minimum absolute atomic E-state index is 0.0895. The van der Waals surface area contributed by atoms with Crippen molar-refractivity contribution < 1.29 is 19.1 Å². The summed E-state index contributed by atoms with van der Waals surface area (Å²) in [7, 11) is 1.62. The molecule has 0 N–H and O–H groups in total. The molecule has 0 bridgehead atoms. The molecule has 1 heterocycles. The van der Waals surface area contributed by atoms with E-state index in [2.05, 4.69) is 32.7 Å². The summed E-state index contributed by atoms with van der Waals surface area (Å²) in [6, 6.07) is 0. The SMILES string of the molecule is CCOC(=O)c1csc(CN(CCOC)C(=O)C[C@@H](C)CC(C)(C)C)n1. The highest BCUT2D eigenvalue weighted by atomic mass is 32.1. The normalized spacial score (nSPS) is 12.7. The zero-order chi connectivity index (χ0) is 19.7. The molecule has 0 spiro atoms. The van der Waals surface area contributed by atoms with Crippen LogP contribution in [0.25, 0.3) is 0 Å². The van der Waals surface area contributed by atoms with Crippen molar-refractivity contribution in [3.8, 4) is 0 Å². The minimum Gasteiger partial charge on any atom is -0.461 e. The summed E-state index contributed by atoms with van der Waals surface area (Å²) in [4.78, 5) is 30.6. The van der Waals surface area contributed by atoms with Crippen molar-refractivity contribution in [2.24, 2.45) is 11.3 Å². The third-order valence-corrected chi connectivity index (χ3v) is 4.60. The Bertz CT molecular complexity index is 580. The molecular formula is C19H32N2O4S. The van der Waals surface area contributed by atoms with Crippen LogP contribution in [0.5, 0.6) is 0 Å². The fourth-order valence-electron chi connectivity index (χ4n) is 2.88.